The van der Waals surface area contributed by atoms with Crippen molar-refractivity contribution in [3.05, 3.63) is 41.4 Å². The van der Waals surface area contributed by atoms with Gasteiger partial charge in [-0.3, -0.25) is 9.59 Å². The average Bonchev–Trinajstić information content (AvgIpc) is 3.22. The van der Waals surface area contributed by atoms with Crippen LogP contribution >= 0.6 is 11.6 Å². The molecule has 1 fully saturated rings. The summed E-state index contributed by atoms with van der Waals surface area (Å²) in [6.07, 6.45) is -0.934. The van der Waals surface area contributed by atoms with Crippen molar-refractivity contribution in [2.24, 2.45) is 5.92 Å². The molecule has 2 aromatic carbocycles. The largest absolute Gasteiger partial charge is 0.495 e. The van der Waals surface area contributed by atoms with E-state index in [1.165, 1.54) is 26.2 Å². The van der Waals surface area contributed by atoms with Crippen molar-refractivity contribution in [3.8, 4) is 23.0 Å². The summed E-state index contributed by atoms with van der Waals surface area (Å²) in [6, 6.07) is 10.1. The Morgan fingerprint density at radius 1 is 1.15 bits per heavy atom. The molecule has 0 saturated carbocycles. The van der Waals surface area contributed by atoms with Crippen molar-refractivity contribution in [3.63, 3.8) is 0 Å². The summed E-state index contributed by atoms with van der Waals surface area (Å²) in [5, 5.41) is 13.4. The number of carbonyl (C=O) groups is 2. The number of nitrogens with zero attached hydrogens (tertiary/aromatic N) is 1. The monoisotopic (exact) mass is 478 g/mol. The zero-order valence-electron chi connectivity index (χ0n) is 18.7. The van der Waals surface area contributed by atoms with E-state index in [9.17, 15) is 14.7 Å². The van der Waals surface area contributed by atoms with Crippen molar-refractivity contribution in [1.29, 1.82) is 0 Å². The van der Waals surface area contributed by atoms with Gasteiger partial charge in [0.25, 0.3) is 0 Å². The lowest BCUT2D eigenvalue weighted by atomic mass is 10.1. The summed E-state index contributed by atoms with van der Waals surface area (Å²) in [5.41, 5.74) is 0.518. The number of rotatable bonds is 10. The van der Waals surface area contributed by atoms with Gasteiger partial charge in [-0.1, -0.05) is 17.7 Å². The van der Waals surface area contributed by atoms with Crippen molar-refractivity contribution < 1.29 is 33.6 Å². The van der Waals surface area contributed by atoms with Crippen LogP contribution in [0.25, 0.3) is 0 Å². The van der Waals surface area contributed by atoms with Crippen LogP contribution in [0.2, 0.25) is 5.02 Å². The van der Waals surface area contributed by atoms with Gasteiger partial charge in [-0.2, -0.15) is 0 Å². The third-order valence-corrected chi connectivity index (χ3v) is 5.48. The maximum atomic E-state index is 12.6. The maximum absolute atomic E-state index is 12.6. The molecule has 2 aromatic rings. The Hall–Kier alpha value is -3.17. The highest BCUT2D eigenvalue weighted by Crippen LogP contribution is 2.37. The molecule has 178 valence electrons. The van der Waals surface area contributed by atoms with Gasteiger partial charge < -0.3 is 34.3 Å². The molecule has 1 saturated heterocycles. The number of hydrogen-bond donors (Lipinski definition) is 2. The number of halogens is 1. The number of para-hydroxylation sites is 1. The van der Waals surface area contributed by atoms with Gasteiger partial charge in [0.2, 0.25) is 17.6 Å². The number of benzene rings is 2. The number of aliphatic hydroxyl groups is 1. The predicted octanol–water partition coefficient (Wildman–Crippen LogP) is 2.27. The number of anilines is 1. The Bertz CT molecular complexity index is 979. The lowest BCUT2D eigenvalue weighted by Crippen LogP contribution is -2.39. The van der Waals surface area contributed by atoms with E-state index >= 15 is 0 Å². The zero-order valence-corrected chi connectivity index (χ0v) is 19.4. The highest BCUT2D eigenvalue weighted by Gasteiger charge is 2.36. The molecule has 2 N–H and O–H groups in total. The number of methoxy groups -OCH3 is 3. The minimum absolute atomic E-state index is 0.0402. The molecule has 2 amide bonds. The Morgan fingerprint density at radius 2 is 1.82 bits per heavy atom. The summed E-state index contributed by atoms with van der Waals surface area (Å²) >= 11 is 6.07. The molecule has 1 aliphatic rings. The molecular formula is C23H27ClN2O7. The number of nitrogens with one attached hydrogen (secondary N) is 1. The van der Waals surface area contributed by atoms with Gasteiger partial charge in [-0.25, -0.2) is 0 Å². The van der Waals surface area contributed by atoms with E-state index in [0.717, 1.165) is 0 Å². The van der Waals surface area contributed by atoms with E-state index in [4.69, 9.17) is 30.5 Å². The number of amides is 2. The second-order valence-corrected chi connectivity index (χ2v) is 7.86. The van der Waals surface area contributed by atoms with E-state index in [0.29, 0.717) is 33.7 Å². The number of ether oxygens (including phenoxy) is 4. The van der Waals surface area contributed by atoms with Crippen LogP contribution in [-0.4, -0.2) is 64.1 Å². The Morgan fingerprint density at radius 3 is 2.45 bits per heavy atom. The van der Waals surface area contributed by atoms with Crippen LogP contribution in [0.3, 0.4) is 0 Å². The van der Waals surface area contributed by atoms with Gasteiger partial charge in [0, 0.05) is 24.5 Å². The lowest BCUT2D eigenvalue weighted by molar-refractivity contribution is -0.126. The van der Waals surface area contributed by atoms with Crippen molar-refractivity contribution in [2.75, 3.05) is 45.9 Å². The van der Waals surface area contributed by atoms with Crippen LogP contribution in [0.4, 0.5) is 5.69 Å². The summed E-state index contributed by atoms with van der Waals surface area (Å²) in [4.78, 5) is 26.7. The summed E-state index contributed by atoms with van der Waals surface area (Å²) in [7, 11) is 4.51. The first-order valence-electron chi connectivity index (χ1n) is 10.3. The van der Waals surface area contributed by atoms with Crippen LogP contribution in [0, 0.1) is 5.92 Å². The van der Waals surface area contributed by atoms with Gasteiger partial charge in [-0.05, 0) is 30.3 Å². The molecule has 0 aromatic heterocycles. The van der Waals surface area contributed by atoms with Crippen LogP contribution in [0.15, 0.2) is 36.4 Å². The molecular weight excluding hydrogens is 452 g/mol. The average molecular weight is 479 g/mol. The van der Waals surface area contributed by atoms with Crippen LogP contribution < -0.4 is 29.2 Å². The molecule has 9 nitrogen and oxygen atoms in total. The highest BCUT2D eigenvalue weighted by atomic mass is 35.5. The first-order valence-corrected chi connectivity index (χ1v) is 10.7. The fraction of sp³-hybridized carbons (Fsp3) is 0.391. The standard InChI is InChI=1S/C23H27ClN2O7/c1-30-18-8-7-15(24)10-17(18)26-12-14(9-21(26)28)23(29)25-11-16(27)13-33-22-19(31-2)5-4-6-20(22)32-3/h4-8,10,14,16,27H,9,11-13H2,1-3H3,(H,25,29). The third-order valence-electron chi connectivity index (χ3n) is 5.24. The minimum atomic E-state index is -0.982. The molecule has 0 bridgehead atoms. The Kier molecular flexibility index (Phi) is 8.24. The van der Waals surface area contributed by atoms with E-state index < -0.39 is 12.0 Å². The molecule has 1 heterocycles. The zero-order chi connectivity index (χ0) is 24.0. The first kappa shape index (κ1) is 24.5. The van der Waals surface area contributed by atoms with E-state index in [2.05, 4.69) is 5.32 Å². The summed E-state index contributed by atoms with van der Waals surface area (Å²) < 4.78 is 21.5. The Balaban J connectivity index is 1.54. The van der Waals surface area contributed by atoms with Crippen LogP contribution in [-0.2, 0) is 9.59 Å². The smallest absolute Gasteiger partial charge is 0.227 e. The molecule has 33 heavy (non-hydrogen) atoms. The second kappa shape index (κ2) is 11.1. The van der Waals surface area contributed by atoms with Gasteiger partial charge in [-0.15, -0.1) is 0 Å². The molecule has 0 aliphatic carbocycles. The minimum Gasteiger partial charge on any atom is -0.495 e. The second-order valence-electron chi connectivity index (χ2n) is 7.42. The first-order chi connectivity index (χ1) is 15.9. The fourth-order valence-electron chi connectivity index (χ4n) is 3.55. The van der Waals surface area contributed by atoms with E-state index in [1.54, 1.807) is 36.4 Å². The fourth-order valence-corrected chi connectivity index (χ4v) is 3.72. The molecule has 2 unspecified atom stereocenters. The predicted molar refractivity (Wildman–Crippen MR) is 123 cm³/mol. The third kappa shape index (κ3) is 5.80. The van der Waals surface area contributed by atoms with E-state index in [-0.39, 0.29) is 37.9 Å². The maximum Gasteiger partial charge on any atom is 0.227 e. The Labute approximate surface area is 197 Å². The molecule has 10 heteroatoms. The normalized spacial score (nSPS) is 16.3. The number of aliphatic hydroxyl groups excluding tert-OH is 1. The summed E-state index contributed by atoms with van der Waals surface area (Å²) in [5.74, 6) is 0.680. The van der Waals surface area contributed by atoms with Gasteiger partial charge in [0.1, 0.15) is 18.5 Å². The van der Waals surface area contributed by atoms with Gasteiger partial charge in [0.15, 0.2) is 11.5 Å². The van der Waals surface area contributed by atoms with Gasteiger partial charge >= 0.3 is 0 Å². The molecule has 2 atom stereocenters. The topological polar surface area (TPSA) is 107 Å². The van der Waals surface area contributed by atoms with Gasteiger partial charge in [0.05, 0.1) is 32.9 Å². The van der Waals surface area contributed by atoms with Crippen molar-refractivity contribution >= 4 is 29.1 Å². The quantitative estimate of drug-likeness (QED) is 0.539. The van der Waals surface area contributed by atoms with Crippen LogP contribution in [0.5, 0.6) is 23.0 Å². The lowest BCUT2D eigenvalue weighted by Gasteiger charge is -2.20. The SMILES string of the molecule is COc1ccc(Cl)cc1N1CC(C(=O)NCC(O)COc2c(OC)cccc2OC)CC1=O. The summed E-state index contributed by atoms with van der Waals surface area (Å²) in [6.45, 7) is 0.0559. The molecule has 3 rings (SSSR count). The molecule has 0 spiro atoms. The molecule has 0 radical (unpaired) electrons. The van der Waals surface area contributed by atoms with E-state index in [1.807, 2.05) is 0 Å². The number of hydrogen-bond acceptors (Lipinski definition) is 7. The van der Waals surface area contributed by atoms with Crippen molar-refractivity contribution in [2.45, 2.75) is 12.5 Å². The van der Waals surface area contributed by atoms with Crippen molar-refractivity contribution in [1.82, 2.24) is 5.32 Å². The highest BCUT2D eigenvalue weighted by molar-refractivity contribution is 6.31. The molecule has 1 aliphatic heterocycles. The number of carbonyl (C=O) groups excluding carboxylic acids is 2. The van der Waals surface area contributed by atoms with Crippen LogP contribution in [0.1, 0.15) is 6.42 Å².